The van der Waals surface area contributed by atoms with Crippen LogP contribution < -0.4 is 14.8 Å². The van der Waals surface area contributed by atoms with Crippen molar-refractivity contribution in [3.05, 3.63) is 65.5 Å². The van der Waals surface area contributed by atoms with E-state index in [0.29, 0.717) is 19.8 Å². The van der Waals surface area contributed by atoms with Gasteiger partial charge in [-0.25, -0.2) is 0 Å². The van der Waals surface area contributed by atoms with Gasteiger partial charge in [0.05, 0.1) is 5.69 Å². The Bertz CT molecular complexity index is 1020. The number of fused-ring (bicyclic) bond motifs is 2. The second-order valence-electron chi connectivity index (χ2n) is 8.21. The highest BCUT2D eigenvalue weighted by atomic mass is 16.6. The molecule has 2 heterocycles. The summed E-state index contributed by atoms with van der Waals surface area (Å²) >= 11 is 0. The van der Waals surface area contributed by atoms with E-state index < -0.39 is 6.10 Å². The van der Waals surface area contributed by atoms with E-state index in [2.05, 4.69) is 46.4 Å². The number of rotatable bonds is 9. The van der Waals surface area contributed by atoms with E-state index in [-0.39, 0.29) is 0 Å². The quantitative estimate of drug-likeness (QED) is 0.516. The topological polar surface area (TPSA) is 66.9 Å². The number of hydrogen-bond acceptors (Lipinski definition) is 6. The summed E-state index contributed by atoms with van der Waals surface area (Å²) in [7, 11) is 2.04. The van der Waals surface area contributed by atoms with Crippen LogP contribution in [-0.2, 0) is 6.54 Å². The number of aromatic nitrogens is 1. The molecule has 0 aliphatic carbocycles. The lowest BCUT2D eigenvalue weighted by molar-refractivity contribution is 0.124. The molecule has 164 valence electrons. The standard InChI is InChI=1S/C25H31N3O3/c1-18-4-6-20-8-10-27-25(21(20)14-18)22(29)17-28(2)11-3-9-26-16-19-5-7-23-24(15-19)31-13-12-30-23/h4-8,10,14-15,22,26,29H,3,9,11-13,16-17H2,1-2H3. The first-order chi connectivity index (χ1) is 15.1. The normalized spacial score (nSPS) is 14.2. The van der Waals surface area contributed by atoms with Gasteiger partial charge < -0.3 is 24.8 Å². The van der Waals surface area contributed by atoms with Crippen molar-refractivity contribution in [1.82, 2.24) is 15.2 Å². The molecule has 1 aliphatic rings. The number of pyridine rings is 1. The Labute approximate surface area is 183 Å². The van der Waals surface area contributed by atoms with Crippen LogP contribution in [0.5, 0.6) is 11.5 Å². The van der Waals surface area contributed by atoms with Crippen LogP contribution in [0.2, 0.25) is 0 Å². The zero-order chi connectivity index (χ0) is 21.6. The fourth-order valence-electron chi connectivity index (χ4n) is 3.95. The maximum atomic E-state index is 10.8. The minimum absolute atomic E-state index is 0.558. The van der Waals surface area contributed by atoms with Crippen molar-refractivity contribution >= 4 is 10.8 Å². The Morgan fingerprint density at radius 1 is 1.10 bits per heavy atom. The van der Waals surface area contributed by atoms with Crippen molar-refractivity contribution in [3.8, 4) is 11.5 Å². The number of likely N-dealkylation sites (N-methyl/N-ethyl adjacent to an activating group) is 1. The second kappa shape index (κ2) is 10.1. The second-order valence-corrected chi connectivity index (χ2v) is 8.21. The average Bonchev–Trinajstić information content (AvgIpc) is 2.78. The Kier molecular flexibility index (Phi) is 7.02. The van der Waals surface area contributed by atoms with Crippen LogP contribution in [0.3, 0.4) is 0 Å². The van der Waals surface area contributed by atoms with Crippen molar-refractivity contribution in [2.75, 3.05) is 39.9 Å². The summed E-state index contributed by atoms with van der Waals surface area (Å²) in [5.41, 5.74) is 3.11. The molecule has 0 fully saturated rings. The molecule has 0 bridgehead atoms. The van der Waals surface area contributed by atoms with Gasteiger partial charge in [-0.15, -0.1) is 0 Å². The van der Waals surface area contributed by atoms with Gasteiger partial charge in [-0.1, -0.05) is 23.8 Å². The third-order valence-corrected chi connectivity index (χ3v) is 5.58. The SMILES string of the molecule is Cc1ccc2ccnc(C(O)CN(C)CCCNCc3ccc4c(c3)OCCO4)c2c1. The fourth-order valence-corrected chi connectivity index (χ4v) is 3.95. The van der Waals surface area contributed by atoms with E-state index in [1.807, 2.05) is 25.2 Å². The van der Waals surface area contributed by atoms with E-state index >= 15 is 0 Å². The minimum atomic E-state index is -0.610. The molecule has 0 spiro atoms. The monoisotopic (exact) mass is 421 g/mol. The molecule has 4 rings (SSSR count). The zero-order valence-corrected chi connectivity index (χ0v) is 18.3. The predicted octanol–water partition coefficient (Wildman–Crippen LogP) is 3.46. The summed E-state index contributed by atoms with van der Waals surface area (Å²) in [6.07, 6.45) is 2.16. The van der Waals surface area contributed by atoms with E-state index in [1.54, 1.807) is 6.20 Å². The maximum Gasteiger partial charge on any atom is 0.161 e. The lowest BCUT2D eigenvalue weighted by atomic mass is 10.0. The average molecular weight is 422 g/mol. The van der Waals surface area contributed by atoms with Crippen molar-refractivity contribution in [2.24, 2.45) is 0 Å². The van der Waals surface area contributed by atoms with Gasteiger partial charge in [0.1, 0.15) is 19.3 Å². The molecule has 0 saturated heterocycles. The molecule has 3 aromatic rings. The Balaban J connectivity index is 1.22. The van der Waals surface area contributed by atoms with Gasteiger partial charge in [0.25, 0.3) is 0 Å². The third-order valence-electron chi connectivity index (χ3n) is 5.58. The molecular formula is C25H31N3O3. The third kappa shape index (κ3) is 5.53. The van der Waals surface area contributed by atoms with E-state index in [4.69, 9.17) is 9.47 Å². The van der Waals surface area contributed by atoms with Gasteiger partial charge in [0.15, 0.2) is 11.5 Å². The molecule has 1 unspecified atom stereocenters. The van der Waals surface area contributed by atoms with Gasteiger partial charge in [-0.3, -0.25) is 4.98 Å². The summed E-state index contributed by atoms with van der Waals surface area (Å²) in [5, 5.41) is 16.4. The summed E-state index contributed by atoms with van der Waals surface area (Å²) in [4.78, 5) is 6.63. The van der Waals surface area contributed by atoms with Crippen LogP contribution in [0.4, 0.5) is 0 Å². The van der Waals surface area contributed by atoms with Crippen LogP contribution >= 0.6 is 0 Å². The van der Waals surface area contributed by atoms with Gasteiger partial charge >= 0.3 is 0 Å². The Morgan fingerprint density at radius 3 is 2.81 bits per heavy atom. The highest BCUT2D eigenvalue weighted by Gasteiger charge is 2.15. The molecule has 6 heteroatoms. The number of nitrogens with one attached hydrogen (secondary N) is 1. The number of aliphatic hydroxyl groups excluding tert-OH is 1. The molecule has 6 nitrogen and oxygen atoms in total. The van der Waals surface area contributed by atoms with E-state index in [0.717, 1.165) is 54.0 Å². The van der Waals surface area contributed by atoms with Crippen LogP contribution in [0.25, 0.3) is 10.8 Å². The smallest absolute Gasteiger partial charge is 0.161 e. The largest absolute Gasteiger partial charge is 0.486 e. The number of nitrogens with zero attached hydrogens (tertiary/aromatic N) is 2. The highest BCUT2D eigenvalue weighted by Crippen LogP contribution is 2.30. The molecule has 1 aromatic heterocycles. The maximum absolute atomic E-state index is 10.8. The molecule has 0 amide bonds. The number of aryl methyl sites for hydroxylation is 1. The number of hydrogen-bond donors (Lipinski definition) is 2. The van der Waals surface area contributed by atoms with Crippen LogP contribution in [0.15, 0.2) is 48.7 Å². The molecule has 2 aromatic carbocycles. The van der Waals surface area contributed by atoms with Crippen molar-refractivity contribution in [3.63, 3.8) is 0 Å². The lowest BCUT2D eigenvalue weighted by Crippen LogP contribution is -2.28. The summed E-state index contributed by atoms with van der Waals surface area (Å²) in [5.74, 6) is 1.66. The van der Waals surface area contributed by atoms with Crippen LogP contribution in [-0.4, -0.2) is 54.9 Å². The van der Waals surface area contributed by atoms with Gasteiger partial charge in [-0.2, -0.15) is 0 Å². The fraction of sp³-hybridized carbons (Fsp3) is 0.400. The van der Waals surface area contributed by atoms with E-state index in [1.165, 1.54) is 11.1 Å². The van der Waals surface area contributed by atoms with E-state index in [9.17, 15) is 5.11 Å². The number of aliphatic hydroxyl groups is 1. The number of benzene rings is 2. The van der Waals surface area contributed by atoms with Gasteiger partial charge in [0.2, 0.25) is 0 Å². The minimum Gasteiger partial charge on any atom is -0.486 e. The van der Waals surface area contributed by atoms with Gasteiger partial charge in [0, 0.05) is 24.7 Å². The molecule has 1 aliphatic heterocycles. The molecule has 2 N–H and O–H groups in total. The van der Waals surface area contributed by atoms with Crippen molar-refractivity contribution in [1.29, 1.82) is 0 Å². The highest BCUT2D eigenvalue weighted by molar-refractivity contribution is 5.85. The predicted molar refractivity (Wildman–Crippen MR) is 123 cm³/mol. The first-order valence-corrected chi connectivity index (χ1v) is 10.9. The number of ether oxygens (including phenoxy) is 2. The zero-order valence-electron chi connectivity index (χ0n) is 18.3. The molecule has 1 atom stereocenters. The Morgan fingerprint density at radius 2 is 1.94 bits per heavy atom. The lowest BCUT2D eigenvalue weighted by Gasteiger charge is -2.21. The summed E-state index contributed by atoms with van der Waals surface area (Å²) < 4.78 is 11.2. The first kappa shape index (κ1) is 21.6. The Hall–Kier alpha value is -2.67. The summed E-state index contributed by atoms with van der Waals surface area (Å²) in [6.45, 7) is 6.44. The van der Waals surface area contributed by atoms with Crippen molar-refractivity contribution in [2.45, 2.75) is 26.0 Å². The van der Waals surface area contributed by atoms with Crippen molar-refractivity contribution < 1.29 is 14.6 Å². The molecule has 31 heavy (non-hydrogen) atoms. The first-order valence-electron chi connectivity index (χ1n) is 10.9. The summed E-state index contributed by atoms with van der Waals surface area (Å²) in [6, 6.07) is 14.3. The molecule has 0 radical (unpaired) electrons. The van der Waals surface area contributed by atoms with Crippen LogP contribution in [0.1, 0.15) is 29.3 Å². The molecule has 0 saturated carbocycles. The molecular weight excluding hydrogens is 390 g/mol. The van der Waals surface area contributed by atoms with Gasteiger partial charge in [-0.05, 0) is 68.7 Å². The van der Waals surface area contributed by atoms with Crippen LogP contribution in [0, 0.1) is 6.92 Å².